The summed E-state index contributed by atoms with van der Waals surface area (Å²) in [5.41, 5.74) is 0.521. The van der Waals surface area contributed by atoms with E-state index in [1.165, 1.54) is 41.8 Å². The zero-order valence-corrected chi connectivity index (χ0v) is 14.7. The number of rotatable bonds is 4. The van der Waals surface area contributed by atoms with Gasteiger partial charge in [-0.05, 0) is 37.1 Å². The van der Waals surface area contributed by atoms with E-state index in [2.05, 4.69) is 5.32 Å². The standard InChI is InChI=1S/C14H20N2O5S2/c1-11(17)15-12-3-5-14(6-4-12)23(20,21)16-9-7-13(8-10-16)22(2,18)19/h3-6,13H,7-10H2,1-2H3,(H,15,17). The Bertz CT molecular complexity index is 777. The number of carbonyl (C=O) groups is 1. The van der Waals surface area contributed by atoms with Crippen LogP contribution in [0.4, 0.5) is 5.69 Å². The topological polar surface area (TPSA) is 101 Å². The molecule has 23 heavy (non-hydrogen) atoms. The maximum atomic E-state index is 12.6. The van der Waals surface area contributed by atoms with Gasteiger partial charge in [0.15, 0.2) is 0 Å². The molecule has 0 aromatic heterocycles. The monoisotopic (exact) mass is 360 g/mol. The first-order valence-electron chi connectivity index (χ1n) is 7.17. The summed E-state index contributed by atoms with van der Waals surface area (Å²) < 4.78 is 49.5. The van der Waals surface area contributed by atoms with Crippen molar-refractivity contribution >= 4 is 31.5 Å². The molecule has 0 bridgehead atoms. The molecule has 128 valence electrons. The van der Waals surface area contributed by atoms with Crippen LogP contribution in [-0.2, 0) is 24.7 Å². The van der Waals surface area contributed by atoms with Gasteiger partial charge in [0.05, 0.1) is 10.1 Å². The van der Waals surface area contributed by atoms with Crippen LogP contribution < -0.4 is 5.32 Å². The van der Waals surface area contributed by atoms with E-state index in [4.69, 9.17) is 0 Å². The molecular weight excluding hydrogens is 340 g/mol. The summed E-state index contributed by atoms with van der Waals surface area (Å²) >= 11 is 0. The van der Waals surface area contributed by atoms with E-state index in [1.807, 2.05) is 0 Å². The fraction of sp³-hybridized carbons (Fsp3) is 0.500. The highest BCUT2D eigenvalue weighted by Crippen LogP contribution is 2.24. The first-order valence-corrected chi connectivity index (χ1v) is 10.6. The largest absolute Gasteiger partial charge is 0.326 e. The number of sulfonamides is 1. The van der Waals surface area contributed by atoms with Crippen molar-refractivity contribution in [3.05, 3.63) is 24.3 Å². The lowest BCUT2D eigenvalue weighted by molar-refractivity contribution is -0.114. The van der Waals surface area contributed by atoms with Crippen LogP contribution in [0.5, 0.6) is 0 Å². The molecule has 0 atom stereocenters. The molecule has 7 nitrogen and oxygen atoms in total. The van der Waals surface area contributed by atoms with Crippen molar-refractivity contribution in [3.63, 3.8) is 0 Å². The van der Waals surface area contributed by atoms with Crippen LogP contribution in [0.2, 0.25) is 0 Å². The molecule has 1 fully saturated rings. The Balaban J connectivity index is 2.12. The van der Waals surface area contributed by atoms with Gasteiger partial charge >= 0.3 is 0 Å². The van der Waals surface area contributed by atoms with Crippen LogP contribution in [0, 0.1) is 0 Å². The molecule has 1 aliphatic heterocycles. The van der Waals surface area contributed by atoms with Crippen molar-refractivity contribution in [1.29, 1.82) is 0 Å². The Morgan fingerprint density at radius 2 is 1.61 bits per heavy atom. The van der Waals surface area contributed by atoms with Gasteiger partial charge in [-0.2, -0.15) is 4.31 Å². The highest BCUT2D eigenvalue weighted by molar-refractivity contribution is 7.91. The number of piperidine rings is 1. The highest BCUT2D eigenvalue weighted by atomic mass is 32.2. The average Bonchev–Trinajstić information content (AvgIpc) is 2.46. The SMILES string of the molecule is CC(=O)Nc1ccc(S(=O)(=O)N2CCC(S(C)(=O)=O)CC2)cc1. The average molecular weight is 360 g/mol. The maximum absolute atomic E-state index is 12.6. The summed E-state index contributed by atoms with van der Waals surface area (Å²) in [5, 5.41) is 2.10. The van der Waals surface area contributed by atoms with E-state index in [9.17, 15) is 21.6 Å². The van der Waals surface area contributed by atoms with E-state index in [0.717, 1.165) is 0 Å². The quantitative estimate of drug-likeness (QED) is 0.858. The van der Waals surface area contributed by atoms with Crippen LogP contribution in [0.3, 0.4) is 0 Å². The molecule has 1 N–H and O–H groups in total. The normalized spacial score (nSPS) is 17.8. The fourth-order valence-electron chi connectivity index (χ4n) is 2.56. The van der Waals surface area contributed by atoms with Gasteiger partial charge in [-0.1, -0.05) is 0 Å². The number of hydrogen-bond donors (Lipinski definition) is 1. The molecule has 0 unspecified atom stereocenters. The lowest BCUT2D eigenvalue weighted by Gasteiger charge is -2.30. The molecule has 1 aromatic carbocycles. The number of benzene rings is 1. The first kappa shape index (κ1) is 17.9. The minimum Gasteiger partial charge on any atom is -0.326 e. The van der Waals surface area contributed by atoms with Gasteiger partial charge < -0.3 is 5.32 Å². The minimum absolute atomic E-state index is 0.129. The summed E-state index contributed by atoms with van der Waals surface area (Å²) in [4.78, 5) is 11.1. The van der Waals surface area contributed by atoms with E-state index >= 15 is 0 Å². The molecule has 0 radical (unpaired) electrons. The van der Waals surface area contributed by atoms with Gasteiger partial charge in [-0.3, -0.25) is 4.79 Å². The summed E-state index contributed by atoms with van der Waals surface area (Å²) in [5.74, 6) is -0.233. The molecule has 2 rings (SSSR count). The number of sulfone groups is 1. The van der Waals surface area contributed by atoms with Crippen molar-refractivity contribution in [2.24, 2.45) is 0 Å². The molecule has 0 spiro atoms. The van der Waals surface area contributed by atoms with Gasteiger partial charge in [-0.15, -0.1) is 0 Å². The molecule has 1 heterocycles. The number of hydrogen-bond acceptors (Lipinski definition) is 5. The number of nitrogens with one attached hydrogen (secondary N) is 1. The van der Waals surface area contributed by atoms with Crippen molar-refractivity contribution in [1.82, 2.24) is 4.31 Å². The Hall–Kier alpha value is -1.45. The molecule has 0 saturated carbocycles. The molecule has 1 aliphatic rings. The first-order chi connectivity index (χ1) is 10.6. The van der Waals surface area contributed by atoms with Crippen molar-refractivity contribution in [3.8, 4) is 0 Å². The third-order valence-electron chi connectivity index (χ3n) is 3.82. The Morgan fingerprint density at radius 3 is 2.04 bits per heavy atom. The third-order valence-corrected chi connectivity index (χ3v) is 7.41. The number of carbonyl (C=O) groups excluding carboxylic acids is 1. The van der Waals surface area contributed by atoms with Gasteiger partial charge in [-0.25, -0.2) is 16.8 Å². The van der Waals surface area contributed by atoms with E-state index in [1.54, 1.807) is 0 Å². The second-order valence-electron chi connectivity index (χ2n) is 5.64. The van der Waals surface area contributed by atoms with Crippen LogP contribution >= 0.6 is 0 Å². The van der Waals surface area contributed by atoms with E-state index in [-0.39, 0.29) is 23.9 Å². The van der Waals surface area contributed by atoms with Crippen LogP contribution in [0.1, 0.15) is 19.8 Å². The van der Waals surface area contributed by atoms with Gasteiger partial charge in [0.1, 0.15) is 9.84 Å². The zero-order chi connectivity index (χ0) is 17.3. The zero-order valence-electron chi connectivity index (χ0n) is 13.0. The van der Waals surface area contributed by atoms with Gasteiger partial charge in [0.2, 0.25) is 15.9 Å². The molecule has 1 amide bonds. The van der Waals surface area contributed by atoms with Crippen LogP contribution in [0.15, 0.2) is 29.2 Å². The molecule has 9 heteroatoms. The van der Waals surface area contributed by atoms with Gasteiger partial charge in [0.25, 0.3) is 0 Å². The Morgan fingerprint density at radius 1 is 1.09 bits per heavy atom. The molecule has 0 aliphatic carbocycles. The second kappa shape index (κ2) is 6.58. The maximum Gasteiger partial charge on any atom is 0.243 e. The minimum atomic E-state index is -3.65. The van der Waals surface area contributed by atoms with Crippen LogP contribution in [0.25, 0.3) is 0 Å². The summed E-state index contributed by atoms with van der Waals surface area (Å²) in [6.45, 7) is 1.75. The van der Waals surface area contributed by atoms with Crippen molar-refractivity contribution in [2.75, 3.05) is 24.7 Å². The molecular formula is C14H20N2O5S2. The third kappa shape index (κ3) is 4.30. The van der Waals surface area contributed by atoms with Crippen molar-refractivity contribution < 1.29 is 21.6 Å². The lowest BCUT2D eigenvalue weighted by Crippen LogP contribution is -2.42. The van der Waals surface area contributed by atoms with E-state index < -0.39 is 25.1 Å². The number of nitrogens with zero attached hydrogens (tertiary/aromatic N) is 1. The number of amides is 1. The highest BCUT2D eigenvalue weighted by Gasteiger charge is 2.32. The Labute approximate surface area is 136 Å². The fourth-order valence-corrected chi connectivity index (χ4v) is 5.10. The summed E-state index contributed by atoms with van der Waals surface area (Å²) in [6.07, 6.45) is 1.80. The van der Waals surface area contributed by atoms with Crippen LogP contribution in [-0.4, -0.2) is 51.6 Å². The number of anilines is 1. The predicted octanol–water partition coefficient (Wildman–Crippen LogP) is 0.843. The summed E-state index contributed by atoms with van der Waals surface area (Å²) in [7, 11) is -6.79. The Kier molecular flexibility index (Phi) is 5.12. The lowest BCUT2D eigenvalue weighted by atomic mass is 10.2. The second-order valence-corrected chi connectivity index (χ2v) is 9.90. The van der Waals surface area contributed by atoms with E-state index in [0.29, 0.717) is 18.5 Å². The van der Waals surface area contributed by atoms with Gasteiger partial charge in [0, 0.05) is 32.0 Å². The summed E-state index contributed by atoms with van der Waals surface area (Å²) in [6, 6.07) is 5.92. The van der Waals surface area contributed by atoms with Crippen molar-refractivity contribution in [2.45, 2.75) is 29.9 Å². The predicted molar refractivity (Wildman–Crippen MR) is 87.4 cm³/mol. The molecule has 1 aromatic rings. The molecule has 1 saturated heterocycles. The smallest absolute Gasteiger partial charge is 0.243 e.